The maximum atomic E-state index is 12.3. The number of aryl methyl sites for hydroxylation is 4. The average Bonchev–Trinajstić information content (AvgIpc) is 3.89. The Morgan fingerprint density at radius 3 is 1.71 bits per heavy atom. The molecule has 0 aliphatic heterocycles. The lowest BCUT2D eigenvalue weighted by Crippen LogP contribution is -2.04. The summed E-state index contributed by atoms with van der Waals surface area (Å²) in [6, 6.07) is 10.6. The predicted molar refractivity (Wildman–Crippen MR) is 181 cm³/mol. The van der Waals surface area contributed by atoms with Crippen LogP contribution in [0.3, 0.4) is 0 Å². The first-order valence-corrected chi connectivity index (χ1v) is 15.4. The van der Waals surface area contributed by atoms with Gasteiger partial charge in [0.05, 0.1) is 36.5 Å². The maximum absolute atomic E-state index is 12.3. The summed E-state index contributed by atoms with van der Waals surface area (Å²) in [4.78, 5) is 33.3. The molecular formula is C31H32N16O4. The summed E-state index contributed by atoms with van der Waals surface area (Å²) in [6.07, 6.45) is 7.02. The average molecular weight is 693 g/mol. The highest BCUT2D eigenvalue weighted by molar-refractivity contribution is 6.00. The Morgan fingerprint density at radius 2 is 1.25 bits per heavy atom. The van der Waals surface area contributed by atoms with Gasteiger partial charge in [0.15, 0.2) is 52.1 Å². The molecule has 6 aromatic rings. The molecule has 0 aliphatic rings. The second-order valence-corrected chi connectivity index (χ2v) is 10.9. The number of esters is 1. The largest absolute Gasteiger partial charge is 0.465 e. The summed E-state index contributed by atoms with van der Waals surface area (Å²) in [7, 11) is 4.48. The van der Waals surface area contributed by atoms with E-state index in [9.17, 15) is 14.7 Å². The van der Waals surface area contributed by atoms with Crippen LogP contribution in [-0.4, -0.2) is 79.7 Å². The fourth-order valence-corrected chi connectivity index (χ4v) is 5.06. The van der Waals surface area contributed by atoms with Crippen molar-refractivity contribution in [2.75, 3.05) is 25.2 Å². The van der Waals surface area contributed by atoms with Crippen LogP contribution in [0.15, 0.2) is 81.6 Å². The maximum Gasteiger partial charge on any atom is 0.343 e. The number of nitrogens with zero attached hydrogens (tertiary/aromatic N) is 14. The molecule has 0 saturated heterocycles. The van der Waals surface area contributed by atoms with Crippen LogP contribution in [0.25, 0.3) is 11.6 Å². The molecule has 0 unspecified atom stereocenters. The lowest BCUT2D eigenvalue weighted by Gasteiger charge is -2.01. The number of methoxy groups -OCH3 is 1. The van der Waals surface area contributed by atoms with Crippen LogP contribution < -0.4 is 11.5 Å². The highest BCUT2D eigenvalue weighted by Crippen LogP contribution is 2.35. The van der Waals surface area contributed by atoms with Crippen molar-refractivity contribution in [2.24, 2.45) is 34.6 Å². The monoisotopic (exact) mass is 692 g/mol. The van der Waals surface area contributed by atoms with Crippen molar-refractivity contribution >= 4 is 46.4 Å². The van der Waals surface area contributed by atoms with Crippen molar-refractivity contribution in [3.63, 3.8) is 0 Å². The smallest absolute Gasteiger partial charge is 0.343 e. The van der Waals surface area contributed by atoms with E-state index in [1.807, 2.05) is 0 Å². The van der Waals surface area contributed by atoms with Gasteiger partial charge >= 0.3 is 5.97 Å². The number of aromatic nitrogens is 10. The van der Waals surface area contributed by atoms with E-state index in [4.69, 9.17) is 26.4 Å². The fourth-order valence-electron chi connectivity index (χ4n) is 5.06. The highest BCUT2D eigenvalue weighted by atomic mass is 16.5. The minimum absolute atomic E-state index is 0.105. The van der Waals surface area contributed by atoms with E-state index in [2.05, 4.69) is 40.6 Å². The summed E-state index contributed by atoms with van der Waals surface area (Å²) < 4.78 is 10.5. The molecule has 0 spiro atoms. The molecule has 0 aromatic carbocycles. The Bertz CT molecular complexity index is 2090. The summed E-state index contributed by atoms with van der Waals surface area (Å²) >= 11 is 0. The summed E-state index contributed by atoms with van der Waals surface area (Å²) in [5.41, 5.74) is 14.8. The number of hydrogen-bond acceptors (Lipinski definition) is 16. The quantitative estimate of drug-likeness (QED) is 0.0893. The molecule has 6 heterocycles. The minimum Gasteiger partial charge on any atom is -0.465 e. The van der Waals surface area contributed by atoms with Crippen molar-refractivity contribution in [2.45, 2.75) is 19.3 Å². The van der Waals surface area contributed by atoms with Crippen LogP contribution >= 0.6 is 0 Å². The Morgan fingerprint density at radius 1 is 0.765 bits per heavy atom. The van der Waals surface area contributed by atoms with Gasteiger partial charge in [0.2, 0.25) is 0 Å². The topological polar surface area (TPSA) is 262 Å². The number of carbonyl (C=O) groups excluding carboxylic acids is 2. The van der Waals surface area contributed by atoms with Gasteiger partial charge in [-0.05, 0) is 43.5 Å². The van der Waals surface area contributed by atoms with Gasteiger partial charge in [0, 0.05) is 26.5 Å². The van der Waals surface area contributed by atoms with Gasteiger partial charge in [-0.15, -0.1) is 20.5 Å². The summed E-state index contributed by atoms with van der Waals surface area (Å²) in [6.45, 7) is -0.712. The molecule has 6 rings (SSSR count). The van der Waals surface area contributed by atoms with Gasteiger partial charge in [0.1, 0.15) is 12.2 Å². The van der Waals surface area contributed by atoms with E-state index in [1.54, 1.807) is 62.9 Å². The molecule has 0 saturated carbocycles. The molecule has 5 N–H and O–H groups in total. The third-order valence-electron chi connectivity index (χ3n) is 7.64. The number of ether oxygens (including phenoxy) is 1. The molecule has 0 aliphatic carbocycles. The second kappa shape index (κ2) is 14.7. The second-order valence-electron chi connectivity index (χ2n) is 10.9. The molecule has 260 valence electrons. The zero-order chi connectivity index (χ0) is 36.1. The Labute approximate surface area is 289 Å². The third-order valence-corrected chi connectivity index (χ3v) is 7.64. The van der Waals surface area contributed by atoms with Crippen LogP contribution in [0, 0.1) is 0 Å². The number of aliphatic hydroxyl groups excluding tert-OH is 1. The van der Waals surface area contributed by atoms with Gasteiger partial charge in [-0.25, -0.2) is 24.1 Å². The number of hydrogen-bond donors (Lipinski definition) is 3. The molecule has 0 amide bonds. The Kier molecular flexibility index (Phi) is 9.75. The first-order chi connectivity index (χ1) is 24.7. The number of rotatable bonds is 13. The third kappa shape index (κ3) is 6.83. The normalized spacial score (nSPS) is 11.6. The number of azo groups is 2. The molecule has 20 heteroatoms. The molecular weight excluding hydrogens is 660 g/mol. The van der Waals surface area contributed by atoms with Crippen LogP contribution in [0.4, 0.5) is 34.6 Å². The van der Waals surface area contributed by atoms with E-state index < -0.39 is 18.4 Å². The van der Waals surface area contributed by atoms with Crippen LogP contribution in [0.2, 0.25) is 0 Å². The standard InChI is InChI=1S/C31H32N16O4/c1-44-29(18(15-36-44)22(49)17-48)40-38-25-20(42-46(27(25)32)23-11-4-6-13-34-23)9-8-10-21-26(28(33)47(43-21)24-12-5-7-14-35-24)39-41-30-19(31(50)51-3)16-37-45(30)2/h4-7,11-16,48H,8-10,17,32-33H2,1-3H3. The number of nitrogens with two attached hydrogens (primary N) is 2. The van der Waals surface area contributed by atoms with Crippen molar-refractivity contribution in [3.8, 4) is 11.6 Å². The van der Waals surface area contributed by atoms with E-state index in [1.165, 1.54) is 38.2 Å². The summed E-state index contributed by atoms with van der Waals surface area (Å²) in [5.74, 6) is 0.396. The van der Waals surface area contributed by atoms with Crippen molar-refractivity contribution in [3.05, 3.63) is 83.7 Å². The number of Topliss-reactive ketones (excluding diaryl/α,β-unsaturated/α-hetero) is 1. The number of aliphatic hydroxyl groups is 1. The molecule has 0 atom stereocenters. The number of nitrogen functional groups attached to an aromatic ring is 2. The van der Waals surface area contributed by atoms with Crippen LogP contribution in [0.1, 0.15) is 38.5 Å². The molecule has 51 heavy (non-hydrogen) atoms. The number of carbonyl (C=O) groups is 2. The van der Waals surface area contributed by atoms with E-state index in [-0.39, 0.29) is 45.8 Å². The van der Waals surface area contributed by atoms with Gasteiger partial charge in [-0.1, -0.05) is 12.1 Å². The molecule has 0 radical (unpaired) electrons. The molecule has 0 bridgehead atoms. The van der Waals surface area contributed by atoms with E-state index >= 15 is 0 Å². The number of ketones is 1. The predicted octanol–water partition coefficient (Wildman–Crippen LogP) is 3.45. The first-order valence-electron chi connectivity index (χ1n) is 15.4. The van der Waals surface area contributed by atoms with Crippen molar-refractivity contribution < 1.29 is 19.4 Å². The van der Waals surface area contributed by atoms with Gasteiger partial charge in [-0.2, -0.15) is 29.8 Å². The zero-order valence-corrected chi connectivity index (χ0v) is 27.7. The van der Waals surface area contributed by atoms with Gasteiger partial charge in [0.25, 0.3) is 0 Å². The lowest BCUT2D eigenvalue weighted by molar-refractivity contribution is 0.0601. The van der Waals surface area contributed by atoms with Crippen LogP contribution in [-0.2, 0) is 31.7 Å². The van der Waals surface area contributed by atoms with E-state index in [0.29, 0.717) is 42.3 Å². The van der Waals surface area contributed by atoms with Gasteiger partial charge < -0.3 is 21.3 Å². The molecule has 0 fully saturated rings. The van der Waals surface area contributed by atoms with Crippen LogP contribution in [0.5, 0.6) is 0 Å². The zero-order valence-electron chi connectivity index (χ0n) is 27.7. The molecule has 6 aromatic heterocycles. The highest BCUT2D eigenvalue weighted by Gasteiger charge is 2.23. The molecule has 20 nitrogen and oxygen atoms in total. The fraction of sp³-hybridized carbons (Fsp3) is 0.226. The summed E-state index contributed by atoms with van der Waals surface area (Å²) in [5, 5.41) is 44.4. The number of anilines is 2. The number of pyridine rings is 2. The minimum atomic E-state index is -0.712. The lowest BCUT2D eigenvalue weighted by atomic mass is 10.1. The van der Waals surface area contributed by atoms with E-state index in [0.717, 1.165) is 0 Å². The Hall–Kier alpha value is -6.96. The Balaban J connectivity index is 1.34. The van der Waals surface area contributed by atoms with Gasteiger partial charge in [-0.3, -0.25) is 4.79 Å². The van der Waals surface area contributed by atoms with Crippen molar-refractivity contribution in [1.82, 2.24) is 49.1 Å². The first kappa shape index (κ1) is 33.9. The van der Waals surface area contributed by atoms with Crippen molar-refractivity contribution in [1.29, 1.82) is 0 Å². The SMILES string of the molecule is COC(=O)c1cnn(C)c1N=Nc1c(CCCc2nn(-c3ccccn3)c(N)c2N=Nc2c(C(=O)CO)cnn2C)nn(-c2ccccn2)c1N.